The van der Waals surface area contributed by atoms with Gasteiger partial charge in [-0.15, -0.1) is 0 Å². The van der Waals surface area contributed by atoms with Crippen LogP contribution in [0.5, 0.6) is 11.5 Å². The summed E-state index contributed by atoms with van der Waals surface area (Å²) in [6.45, 7) is 0.676. The van der Waals surface area contributed by atoms with Gasteiger partial charge in [0.25, 0.3) is 5.91 Å². The lowest BCUT2D eigenvalue weighted by atomic mass is 10.1. The van der Waals surface area contributed by atoms with Gasteiger partial charge in [-0.3, -0.25) is 4.79 Å². The summed E-state index contributed by atoms with van der Waals surface area (Å²) >= 11 is 15.6. The van der Waals surface area contributed by atoms with Gasteiger partial charge in [-0.05, 0) is 83.9 Å². The van der Waals surface area contributed by atoms with Crippen molar-refractivity contribution in [2.45, 2.75) is 13.2 Å². The Morgan fingerprint density at radius 1 is 0.868 bits per heavy atom. The van der Waals surface area contributed by atoms with Crippen LogP contribution in [0, 0.1) is 11.3 Å². The summed E-state index contributed by atoms with van der Waals surface area (Å²) in [4.78, 5) is 12.9. The van der Waals surface area contributed by atoms with Crippen LogP contribution in [0.25, 0.3) is 6.08 Å². The number of amides is 1. The van der Waals surface area contributed by atoms with Gasteiger partial charge in [-0.25, -0.2) is 0 Å². The Morgan fingerprint density at radius 3 is 2.29 bits per heavy atom. The fraction of sp³-hybridized carbons (Fsp3) is 0.0667. The molecule has 0 heterocycles. The normalized spacial score (nSPS) is 10.9. The molecule has 1 N–H and O–H groups in total. The number of carbonyl (C=O) groups is 1. The number of rotatable bonds is 9. The number of anilines is 1. The third-order valence-electron chi connectivity index (χ3n) is 5.35. The molecule has 0 aliphatic heterocycles. The Morgan fingerprint density at radius 2 is 1.58 bits per heavy atom. The maximum Gasteiger partial charge on any atom is 0.266 e. The molecule has 0 radical (unpaired) electrons. The maximum absolute atomic E-state index is 12.9. The highest BCUT2D eigenvalue weighted by molar-refractivity contribution is 9.10. The predicted octanol–water partition coefficient (Wildman–Crippen LogP) is 8.46. The first kappa shape index (κ1) is 27.3. The summed E-state index contributed by atoms with van der Waals surface area (Å²) in [5.74, 6) is 0.571. The van der Waals surface area contributed by atoms with Crippen molar-refractivity contribution in [2.75, 3.05) is 5.32 Å². The van der Waals surface area contributed by atoms with E-state index in [1.807, 2.05) is 42.5 Å². The first-order valence-corrected chi connectivity index (χ1v) is 13.0. The molecule has 4 rings (SSSR count). The van der Waals surface area contributed by atoms with E-state index in [0.717, 1.165) is 15.6 Å². The third-order valence-corrected chi connectivity index (χ3v) is 6.35. The Labute approximate surface area is 239 Å². The molecule has 38 heavy (non-hydrogen) atoms. The predicted molar refractivity (Wildman–Crippen MR) is 154 cm³/mol. The Balaban J connectivity index is 1.42. The van der Waals surface area contributed by atoms with Gasteiger partial charge in [0.1, 0.15) is 36.4 Å². The molecule has 0 bridgehead atoms. The van der Waals surface area contributed by atoms with Gasteiger partial charge in [0.15, 0.2) is 0 Å². The van der Waals surface area contributed by atoms with Crippen molar-refractivity contribution in [1.29, 1.82) is 5.26 Å². The van der Waals surface area contributed by atoms with Crippen LogP contribution >= 0.6 is 39.1 Å². The highest BCUT2D eigenvalue weighted by Gasteiger charge is 2.13. The lowest BCUT2D eigenvalue weighted by Gasteiger charge is -2.11. The quantitative estimate of drug-likeness (QED) is 0.153. The minimum atomic E-state index is -0.559. The SMILES string of the molecule is N#C/C(=C\c1cc(Cl)ccc1OCc1cccc(Cl)c1)C(=O)Nc1ccc(OCc2ccc(Br)cc2)cc1. The average molecular weight is 608 g/mol. The summed E-state index contributed by atoms with van der Waals surface area (Å²) in [6, 6.07) is 29.1. The van der Waals surface area contributed by atoms with Crippen LogP contribution in [-0.4, -0.2) is 5.91 Å². The first-order chi connectivity index (χ1) is 18.4. The summed E-state index contributed by atoms with van der Waals surface area (Å²) in [7, 11) is 0. The number of nitrogens with zero attached hydrogens (tertiary/aromatic N) is 1. The number of hydrogen-bond acceptors (Lipinski definition) is 4. The van der Waals surface area contributed by atoms with Crippen molar-refractivity contribution in [2.24, 2.45) is 0 Å². The van der Waals surface area contributed by atoms with Crippen LogP contribution in [-0.2, 0) is 18.0 Å². The molecule has 190 valence electrons. The molecular weight excluding hydrogens is 587 g/mol. The van der Waals surface area contributed by atoms with Gasteiger partial charge < -0.3 is 14.8 Å². The topological polar surface area (TPSA) is 71.3 Å². The first-order valence-electron chi connectivity index (χ1n) is 11.5. The van der Waals surface area contributed by atoms with E-state index in [9.17, 15) is 10.1 Å². The lowest BCUT2D eigenvalue weighted by molar-refractivity contribution is -0.112. The Kier molecular flexibility index (Phi) is 9.45. The van der Waals surface area contributed by atoms with Crippen LogP contribution in [0.3, 0.4) is 0 Å². The number of hydrogen-bond donors (Lipinski definition) is 1. The monoisotopic (exact) mass is 606 g/mol. The molecule has 0 saturated carbocycles. The zero-order valence-corrected chi connectivity index (χ0v) is 23.1. The summed E-state index contributed by atoms with van der Waals surface area (Å²) < 4.78 is 12.7. The second-order valence-electron chi connectivity index (χ2n) is 8.16. The second kappa shape index (κ2) is 13.2. The maximum atomic E-state index is 12.9. The summed E-state index contributed by atoms with van der Waals surface area (Å²) in [5.41, 5.74) is 2.84. The van der Waals surface area contributed by atoms with Crippen LogP contribution in [0.1, 0.15) is 16.7 Å². The molecule has 0 fully saturated rings. The van der Waals surface area contributed by atoms with Crippen LogP contribution < -0.4 is 14.8 Å². The van der Waals surface area contributed by atoms with Crippen molar-refractivity contribution in [3.05, 3.63) is 128 Å². The van der Waals surface area contributed by atoms with E-state index in [0.29, 0.717) is 39.4 Å². The van der Waals surface area contributed by atoms with Gasteiger partial charge in [0.05, 0.1) is 0 Å². The molecule has 8 heteroatoms. The number of benzene rings is 4. The Bertz CT molecular complexity index is 1500. The van der Waals surface area contributed by atoms with Gasteiger partial charge in [-0.2, -0.15) is 5.26 Å². The molecule has 0 aromatic heterocycles. The van der Waals surface area contributed by atoms with Crippen molar-refractivity contribution < 1.29 is 14.3 Å². The minimum absolute atomic E-state index is 0.101. The molecule has 0 aliphatic rings. The van der Waals surface area contributed by atoms with E-state index in [4.69, 9.17) is 32.7 Å². The molecule has 0 aliphatic carbocycles. The number of carbonyl (C=O) groups excluding carboxylic acids is 1. The number of nitriles is 1. The van der Waals surface area contributed by atoms with Gasteiger partial charge >= 0.3 is 0 Å². The van der Waals surface area contributed by atoms with E-state index in [1.54, 1.807) is 54.6 Å². The molecule has 1 amide bonds. The standard InChI is InChI=1S/C30H21BrCl2N2O3/c31-24-6-4-20(5-7-24)18-37-28-11-9-27(10-12-28)35-30(36)23(17-34)15-22-16-26(33)8-13-29(22)38-19-21-2-1-3-25(32)14-21/h1-16H,18-19H2,(H,35,36)/b23-15+. The third kappa shape index (κ3) is 7.87. The van der Waals surface area contributed by atoms with Crippen molar-refractivity contribution >= 4 is 56.8 Å². The van der Waals surface area contributed by atoms with Crippen LogP contribution in [0.15, 0.2) is 101 Å². The number of ether oxygens (including phenoxy) is 2. The zero-order valence-electron chi connectivity index (χ0n) is 20.0. The minimum Gasteiger partial charge on any atom is -0.489 e. The van der Waals surface area contributed by atoms with Crippen molar-refractivity contribution in [3.63, 3.8) is 0 Å². The molecule has 0 spiro atoms. The molecule has 4 aromatic carbocycles. The highest BCUT2D eigenvalue weighted by Crippen LogP contribution is 2.27. The second-order valence-corrected chi connectivity index (χ2v) is 9.95. The van der Waals surface area contributed by atoms with Gasteiger partial charge in [0.2, 0.25) is 0 Å². The van der Waals surface area contributed by atoms with Crippen molar-refractivity contribution in [1.82, 2.24) is 0 Å². The molecule has 0 unspecified atom stereocenters. The fourth-order valence-corrected chi connectivity index (χ4v) is 4.09. The van der Waals surface area contributed by atoms with E-state index in [1.165, 1.54) is 6.08 Å². The van der Waals surface area contributed by atoms with E-state index >= 15 is 0 Å². The van der Waals surface area contributed by atoms with E-state index in [-0.39, 0.29) is 12.2 Å². The van der Waals surface area contributed by atoms with E-state index < -0.39 is 5.91 Å². The molecule has 4 aromatic rings. The van der Waals surface area contributed by atoms with Gasteiger partial charge in [0, 0.05) is 25.8 Å². The highest BCUT2D eigenvalue weighted by atomic mass is 79.9. The summed E-state index contributed by atoms with van der Waals surface area (Å²) in [5, 5.41) is 13.5. The number of nitrogens with one attached hydrogen (secondary N) is 1. The van der Waals surface area contributed by atoms with Crippen LogP contribution in [0.2, 0.25) is 10.0 Å². The average Bonchev–Trinajstić information content (AvgIpc) is 2.91. The molecule has 5 nitrogen and oxygen atoms in total. The summed E-state index contributed by atoms with van der Waals surface area (Å²) in [6.07, 6.45) is 1.45. The Hall–Kier alpha value is -3.76. The van der Waals surface area contributed by atoms with Crippen molar-refractivity contribution in [3.8, 4) is 17.6 Å². The van der Waals surface area contributed by atoms with Gasteiger partial charge in [-0.1, -0.05) is 63.4 Å². The van der Waals surface area contributed by atoms with Crippen LogP contribution in [0.4, 0.5) is 5.69 Å². The molecular formula is C30H21BrCl2N2O3. The number of halogens is 3. The smallest absolute Gasteiger partial charge is 0.266 e. The fourth-order valence-electron chi connectivity index (χ4n) is 3.44. The largest absolute Gasteiger partial charge is 0.489 e. The molecule has 0 atom stereocenters. The molecule has 0 saturated heterocycles. The lowest BCUT2D eigenvalue weighted by Crippen LogP contribution is -2.13. The van der Waals surface area contributed by atoms with E-state index in [2.05, 4.69) is 21.2 Å². The zero-order chi connectivity index (χ0) is 26.9.